The zero-order valence-corrected chi connectivity index (χ0v) is 13.4. The van der Waals surface area contributed by atoms with Gasteiger partial charge >= 0.3 is 0 Å². The highest BCUT2D eigenvalue weighted by Crippen LogP contribution is 2.35. The average Bonchev–Trinajstić information content (AvgIpc) is 2.23. The summed E-state index contributed by atoms with van der Waals surface area (Å²) in [4.78, 5) is 2.43. The van der Waals surface area contributed by atoms with Crippen molar-refractivity contribution in [2.45, 2.75) is 58.8 Å². The summed E-state index contributed by atoms with van der Waals surface area (Å²) in [6, 6.07) is 0. The van der Waals surface area contributed by atoms with Gasteiger partial charge in [0.05, 0.1) is 4.55 Å². The van der Waals surface area contributed by atoms with Crippen LogP contribution in [0.4, 0.5) is 0 Å². The van der Waals surface area contributed by atoms with Crippen LogP contribution in [0.3, 0.4) is 0 Å². The van der Waals surface area contributed by atoms with Gasteiger partial charge in [0.15, 0.2) is 0 Å². The summed E-state index contributed by atoms with van der Waals surface area (Å²) in [5, 5.41) is 0. The molecule has 1 fully saturated rings. The molecule has 0 spiro atoms. The van der Waals surface area contributed by atoms with E-state index >= 15 is 0 Å². The molecule has 1 rings (SSSR count). The second kappa shape index (κ2) is 7.20. The van der Waals surface area contributed by atoms with Gasteiger partial charge in [-0.2, -0.15) is 0 Å². The van der Waals surface area contributed by atoms with Crippen molar-refractivity contribution in [1.29, 1.82) is 0 Å². The van der Waals surface area contributed by atoms with Gasteiger partial charge in [-0.05, 0) is 50.6 Å². The Kier molecular flexibility index (Phi) is 6.63. The van der Waals surface area contributed by atoms with Crippen LogP contribution in [0.25, 0.3) is 0 Å². The lowest BCUT2D eigenvalue weighted by Gasteiger charge is -2.31. The van der Waals surface area contributed by atoms with Gasteiger partial charge in [0.1, 0.15) is 0 Å². The van der Waals surface area contributed by atoms with Gasteiger partial charge in [-0.1, -0.05) is 55.7 Å². The van der Waals surface area contributed by atoms with Crippen LogP contribution in [-0.4, -0.2) is 23.0 Å². The zero-order chi connectivity index (χ0) is 12.0. The van der Waals surface area contributed by atoms with Gasteiger partial charge in [-0.25, -0.2) is 0 Å². The molecule has 2 heteroatoms. The lowest BCUT2D eigenvalue weighted by atomic mass is 9.76. The Bertz CT molecular complexity index is 191. The van der Waals surface area contributed by atoms with Gasteiger partial charge in [-0.3, -0.25) is 4.90 Å². The molecule has 1 atom stereocenters. The predicted molar refractivity (Wildman–Crippen MR) is 81.1 cm³/mol. The highest BCUT2D eigenvalue weighted by atomic mass is 127. The zero-order valence-electron chi connectivity index (χ0n) is 11.3. The van der Waals surface area contributed by atoms with Crippen LogP contribution in [0.15, 0.2) is 0 Å². The van der Waals surface area contributed by atoms with Crippen LogP contribution >= 0.6 is 22.6 Å². The maximum absolute atomic E-state index is 2.45. The number of hydrogen-bond acceptors (Lipinski definition) is 1. The minimum Gasteiger partial charge on any atom is -0.297 e. The van der Waals surface area contributed by atoms with Crippen molar-refractivity contribution in [3.8, 4) is 0 Å². The van der Waals surface area contributed by atoms with E-state index in [1.54, 1.807) is 0 Å². The van der Waals surface area contributed by atoms with Crippen LogP contribution in [0.1, 0.15) is 58.8 Å². The summed E-state index contributed by atoms with van der Waals surface area (Å²) in [7, 11) is 2.24. The van der Waals surface area contributed by atoms with Crippen molar-refractivity contribution in [2.24, 2.45) is 11.3 Å². The summed E-state index contributed by atoms with van der Waals surface area (Å²) >= 11 is 2.45. The normalized spacial score (nSPS) is 26.4. The number of halogens is 1. The fraction of sp³-hybridized carbons (Fsp3) is 1.00. The van der Waals surface area contributed by atoms with Crippen molar-refractivity contribution < 1.29 is 0 Å². The van der Waals surface area contributed by atoms with Crippen LogP contribution in [-0.2, 0) is 0 Å². The summed E-state index contributed by atoms with van der Waals surface area (Å²) in [6.07, 6.45) is 10.1. The summed E-state index contributed by atoms with van der Waals surface area (Å²) in [5.41, 5.74) is 0.605. The third-order valence-electron chi connectivity index (χ3n) is 4.07. The highest BCUT2D eigenvalue weighted by molar-refractivity contribution is 14.1. The number of rotatable bonds is 4. The maximum Gasteiger partial charge on any atom is 0.0502 e. The SMILES string of the molecule is CN(CI)CC[C@@H]1CCCCC(C)(C)CC1. The topological polar surface area (TPSA) is 3.24 Å². The molecule has 96 valence electrons. The first-order valence-corrected chi connectivity index (χ1v) is 8.30. The summed E-state index contributed by atoms with van der Waals surface area (Å²) in [6.45, 7) is 6.19. The average molecular weight is 337 g/mol. The van der Waals surface area contributed by atoms with E-state index < -0.39 is 0 Å². The molecular formula is C14H28IN. The minimum absolute atomic E-state index is 0.605. The Labute approximate surface area is 115 Å². The fourth-order valence-corrected chi connectivity index (χ4v) is 2.99. The molecule has 0 aromatic heterocycles. The van der Waals surface area contributed by atoms with Crippen molar-refractivity contribution in [1.82, 2.24) is 4.90 Å². The molecule has 0 aliphatic heterocycles. The summed E-state index contributed by atoms with van der Waals surface area (Å²) < 4.78 is 1.16. The monoisotopic (exact) mass is 337 g/mol. The van der Waals surface area contributed by atoms with E-state index in [1.165, 1.54) is 51.5 Å². The largest absolute Gasteiger partial charge is 0.297 e. The molecule has 1 aliphatic carbocycles. The molecule has 1 aliphatic rings. The fourth-order valence-electron chi connectivity index (χ4n) is 2.65. The molecule has 1 saturated carbocycles. The third-order valence-corrected chi connectivity index (χ3v) is 5.23. The molecule has 1 nitrogen and oxygen atoms in total. The number of nitrogens with zero attached hydrogens (tertiary/aromatic N) is 1. The Balaban J connectivity index is 2.30. The van der Waals surface area contributed by atoms with Gasteiger partial charge in [0, 0.05) is 0 Å². The van der Waals surface area contributed by atoms with Gasteiger partial charge in [-0.15, -0.1) is 0 Å². The Morgan fingerprint density at radius 1 is 1.19 bits per heavy atom. The Hall–Kier alpha value is 0.690. The smallest absolute Gasteiger partial charge is 0.0502 e. The van der Waals surface area contributed by atoms with E-state index in [0.717, 1.165) is 10.5 Å². The Morgan fingerprint density at radius 2 is 1.94 bits per heavy atom. The molecule has 0 saturated heterocycles. The first kappa shape index (κ1) is 14.7. The quantitative estimate of drug-likeness (QED) is 0.408. The summed E-state index contributed by atoms with van der Waals surface area (Å²) in [5.74, 6) is 0.991. The van der Waals surface area contributed by atoms with Crippen molar-refractivity contribution in [3.05, 3.63) is 0 Å². The molecule has 0 aromatic rings. The van der Waals surface area contributed by atoms with E-state index in [-0.39, 0.29) is 0 Å². The maximum atomic E-state index is 2.45. The van der Waals surface area contributed by atoms with Gasteiger partial charge < -0.3 is 0 Å². The van der Waals surface area contributed by atoms with Gasteiger partial charge in [0.25, 0.3) is 0 Å². The van der Waals surface area contributed by atoms with Crippen LogP contribution in [0.5, 0.6) is 0 Å². The second-order valence-corrected chi connectivity index (χ2v) is 6.98. The Morgan fingerprint density at radius 3 is 2.62 bits per heavy atom. The molecular weight excluding hydrogens is 309 g/mol. The second-order valence-electron chi connectivity index (χ2n) is 6.30. The predicted octanol–water partition coefficient (Wildman–Crippen LogP) is 4.70. The number of hydrogen-bond donors (Lipinski definition) is 0. The van der Waals surface area contributed by atoms with Crippen molar-refractivity contribution in [3.63, 3.8) is 0 Å². The lowest BCUT2D eigenvalue weighted by Crippen LogP contribution is -2.22. The van der Waals surface area contributed by atoms with Crippen molar-refractivity contribution in [2.75, 3.05) is 18.1 Å². The third kappa shape index (κ3) is 5.85. The van der Waals surface area contributed by atoms with E-state index in [1.807, 2.05) is 0 Å². The van der Waals surface area contributed by atoms with Crippen molar-refractivity contribution >= 4 is 22.6 Å². The lowest BCUT2D eigenvalue weighted by molar-refractivity contribution is 0.216. The van der Waals surface area contributed by atoms with E-state index in [9.17, 15) is 0 Å². The molecule has 0 amide bonds. The molecule has 0 unspecified atom stereocenters. The van der Waals surface area contributed by atoms with E-state index in [2.05, 4.69) is 48.4 Å². The minimum atomic E-state index is 0.605. The van der Waals surface area contributed by atoms with Crippen LogP contribution in [0, 0.1) is 11.3 Å². The molecule has 0 aromatic carbocycles. The van der Waals surface area contributed by atoms with E-state index in [0.29, 0.717) is 5.41 Å². The molecule has 16 heavy (non-hydrogen) atoms. The molecule has 0 N–H and O–H groups in total. The highest BCUT2D eigenvalue weighted by Gasteiger charge is 2.22. The molecule has 0 radical (unpaired) electrons. The van der Waals surface area contributed by atoms with Gasteiger partial charge in [0.2, 0.25) is 0 Å². The van der Waals surface area contributed by atoms with E-state index in [4.69, 9.17) is 0 Å². The molecule has 0 bridgehead atoms. The first-order chi connectivity index (χ1) is 7.53. The van der Waals surface area contributed by atoms with Crippen LogP contribution in [0.2, 0.25) is 0 Å². The number of alkyl halides is 1. The molecule has 0 heterocycles. The first-order valence-electron chi connectivity index (χ1n) is 6.78. The standard InChI is InChI=1S/C14H28IN/c1-14(2)9-5-4-6-13(7-10-14)8-11-16(3)12-15/h13H,4-12H2,1-3H3/t13-/m1/s1. The van der Waals surface area contributed by atoms with Crippen LogP contribution < -0.4 is 0 Å².